The van der Waals surface area contributed by atoms with Crippen molar-refractivity contribution in [3.8, 4) is 11.6 Å². The summed E-state index contributed by atoms with van der Waals surface area (Å²) in [5.41, 5.74) is 0.722. The highest BCUT2D eigenvalue weighted by atomic mass is 16.5. The lowest BCUT2D eigenvalue weighted by Gasteiger charge is -2.20. The van der Waals surface area contributed by atoms with Crippen molar-refractivity contribution in [2.24, 2.45) is 0 Å². The Balaban J connectivity index is 2.36. The zero-order chi connectivity index (χ0) is 18.4. The number of aromatic amines is 2. The summed E-state index contributed by atoms with van der Waals surface area (Å²) >= 11 is 0. The molecular weight excluding hydrogens is 322 g/mol. The fourth-order valence-corrected chi connectivity index (χ4v) is 2.72. The molecule has 136 valence electrons. The van der Waals surface area contributed by atoms with E-state index >= 15 is 0 Å². The molecule has 0 amide bonds. The van der Waals surface area contributed by atoms with Crippen LogP contribution in [0.3, 0.4) is 0 Å². The molecule has 0 aliphatic rings. The smallest absolute Gasteiger partial charge is 0.328 e. The van der Waals surface area contributed by atoms with Crippen LogP contribution in [-0.4, -0.2) is 39.7 Å². The van der Waals surface area contributed by atoms with Gasteiger partial charge >= 0.3 is 5.69 Å². The molecule has 7 heteroatoms. The molecule has 0 spiro atoms. The molecule has 7 nitrogen and oxygen atoms in total. The Morgan fingerprint density at radius 1 is 1.12 bits per heavy atom. The van der Waals surface area contributed by atoms with Crippen molar-refractivity contribution in [1.29, 1.82) is 0 Å². The van der Waals surface area contributed by atoms with E-state index in [4.69, 9.17) is 4.74 Å². The summed E-state index contributed by atoms with van der Waals surface area (Å²) in [4.78, 5) is 29.7. The predicted molar refractivity (Wildman–Crippen MR) is 96.4 cm³/mol. The summed E-state index contributed by atoms with van der Waals surface area (Å²) in [5.74, 6) is 0.422. The summed E-state index contributed by atoms with van der Waals surface area (Å²) in [7, 11) is 0. The average molecular weight is 347 g/mol. The van der Waals surface area contributed by atoms with E-state index in [2.05, 4.69) is 28.7 Å². The number of ether oxygens (including phenoxy) is 1. The van der Waals surface area contributed by atoms with Crippen LogP contribution in [0.2, 0.25) is 0 Å². The molecule has 0 radical (unpaired) electrons. The molecule has 2 aromatic rings. The topological polar surface area (TPSA) is 98.4 Å². The van der Waals surface area contributed by atoms with E-state index in [0.717, 1.165) is 36.5 Å². The number of aromatic nitrogens is 2. The van der Waals surface area contributed by atoms with Crippen LogP contribution < -0.4 is 16.0 Å². The minimum Gasteiger partial charge on any atom is -0.494 e. The quantitative estimate of drug-likeness (QED) is 0.674. The number of nitrogens with one attached hydrogen (secondary N) is 2. The van der Waals surface area contributed by atoms with Crippen LogP contribution in [0.15, 0.2) is 27.8 Å². The third kappa shape index (κ3) is 4.73. The van der Waals surface area contributed by atoms with Gasteiger partial charge in [-0.3, -0.25) is 19.7 Å². The van der Waals surface area contributed by atoms with Gasteiger partial charge in [-0.2, -0.15) is 0 Å². The van der Waals surface area contributed by atoms with Gasteiger partial charge in [0.2, 0.25) is 5.88 Å². The lowest BCUT2D eigenvalue weighted by molar-refractivity contribution is 0.282. The molecule has 3 N–H and O–H groups in total. The van der Waals surface area contributed by atoms with Crippen LogP contribution in [0.4, 0.5) is 0 Å². The Morgan fingerprint density at radius 3 is 2.44 bits per heavy atom. The van der Waals surface area contributed by atoms with Gasteiger partial charge in [-0.05, 0) is 31.6 Å². The van der Waals surface area contributed by atoms with Gasteiger partial charge < -0.3 is 9.84 Å². The van der Waals surface area contributed by atoms with E-state index in [9.17, 15) is 14.7 Å². The summed E-state index contributed by atoms with van der Waals surface area (Å²) < 4.78 is 5.70. The Hall–Kier alpha value is -2.54. The molecule has 0 saturated heterocycles. The first-order chi connectivity index (χ1) is 12.0. The number of H-pyrrole nitrogens is 2. The molecule has 0 saturated carbocycles. The summed E-state index contributed by atoms with van der Waals surface area (Å²) in [5, 5.41) is 9.85. The number of rotatable bonds is 8. The minimum atomic E-state index is -0.722. The van der Waals surface area contributed by atoms with Crippen LogP contribution >= 0.6 is 0 Å². The van der Waals surface area contributed by atoms with Gasteiger partial charge in [0.05, 0.1) is 12.2 Å². The lowest BCUT2D eigenvalue weighted by Crippen LogP contribution is -2.25. The van der Waals surface area contributed by atoms with E-state index in [1.165, 1.54) is 0 Å². The summed E-state index contributed by atoms with van der Waals surface area (Å²) in [6, 6.07) is 5.72. The fraction of sp³-hybridized carbons (Fsp3) is 0.444. The highest BCUT2D eigenvalue weighted by Gasteiger charge is 2.13. The van der Waals surface area contributed by atoms with E-state index in [1.54, 1.807) is 0 Å². The van der Waals surface area contributed by atoms with Gasteiger partial charge in [-0.1, -0.05) is 26.0 Å². The van der Waals surface area contributed by atoms with E-state index in [-0.39, 0.29) is 12.0 Å². The molecule has 1 aromatic heterocycles. The number of hydrogen-bond donors (Lipinski definition) is 3. The van der Waals surface area contributed by atoms with Gasteiger partial charge in [0.25, 0.3) is 5.56 Å². The summed E-state index contributed by atoms with van der Waals surface area (Å²) in [6.45, 7) is 9.30. The van der Waals surface area contributed by atoms with Crippen LogP contribution in [0.1, 0.15) is 37.5 Å². The molecule has 0 bridgehead atoms. The molecule has 0 atom stereocenters. The maximum absolute atomic E-state index is 11.9. The average Bonchev–Trinajstić information content (AvgIpc) is 2.58. The largest absolute Gasteiger partial charge is 0.494 e. The predicted octanol–water partition coefficient (Wildman–Crippen LogP) is 1.60. The normalized spacial score (nSPS) is 11.0. The van der Waals surface area contributed by atoms with Gasteiger partial charge in [0, 0.05) is 18.5 Å². The Morgan fingerprint density at radius 2 is 1.84 bits per heavy atom. The summed E-state index contributed by atoms with van der Waals surface area (Å²) in [6.07, 6.45) is 0.218. The van der Waals surface area contributed by atoms with Crippen molar-refractivity contribution in [1.82, 2.24) is 14.9 Å². The fourth-order valence-electron chi connectivity index (χ4n) is 2.72. The van der Waals surface area contributed by atoms with Crippen molar-refractivity contribution >= 4 is 0 Å². The zero-order valence-corrected chi connectivity index (χ0v) is 14.9. The molecular formula is C18H25N3O4. The first-order valence-corrected chi connectivity index (χ1v) is 8.49. The van der Waals surface area contributed by atoms with Crippen LogP contribution in [0.5, 0.6) is 11.6 Å². The number of aromatic hydroxyl groups is 1. The van der Waals surface area contributed by atoms with Gasteiger partial charge in [-0.15, -0.1) is 0 Å². The minimum absolute atomic E-state index is 0.137. The molecule has 1 aromatic carbocycles. The molecule has 0 fully saturated rings. The van der Waals surface area contributed by atoms with Crippen molar-refractivity contribution in [2.45, 2.75) is 33.7 Å². The monoisotopic (exact) mass is 347 g/mol. The second-order valence-corrected chi connectivity index (χ2v) is 5.75. The molecule has 0 aliphatic carbocycles. The Kier molecular flexibility index (Phi) is 6.41. The van der Waals surface area contributed by atoms with Gasteiger partial charge in [0.1, 0.15) is 5.75 Å². The first-order valence-electron chi connectivity index (χ1n) is 8.49. The van der Waals surface area contributed by atoms with E-state index in [0.29, 0.717) is 6.61 Å². The first kappa shape index (κ1) is 18.8. The number of nitrogens with zero attached hydrogens (tertiary/aromatic N) is 1. The van der Waals surface area contributed by atoms with Crippen LogP contribution in [0.25, 0.3) is 0 Å². The SMILES string of the molecule is CCOc1ccc(Cc2c(O)[nH]c(=O)[nH]c2=O)cc1CN(CC)CC. The Bertz CT molecular complexity index is 822. The number of benzene rings is 1. The maximum Gasteiger partial charge on any atom is 0.328 e. The molecule has 2 rings (SSSR count). The number of hydrogen-bond acceptors (Lipinski definition) is 5. The highest BCUT2D eigenvalue weighted by Crippen LogP contribution is 2.24. The molecule has 1 heterocycles. The highest BCUT2D eigenvalue weighted by molar-refractivity contribution is 5.40. The second-order valence-electron chi connectivity index (χ2n) is 5.75. The van der Waals surface area contributed by atoms with E-state index in [1.807, 2.05) is 25.1 Å². The van der Waals surface area contributed by atoms with Crippen molar-refractivity contribution < 1.29 is 9.84 Å². The molecule has 0 unspecified atom stereocenters. The zero-order valence-electron chi connectivity index (χ0n) is 14.9. The van der Waals surface area contributed by atoms with Crippen LogP contribution in [0, 0.1) is 0 Å². The van der Waals surface area contributed by atoms with Gasteiger partial charge in [0.15, 0.2) is 0 Å². The van der Waals surface area contributed by atoms with E-state index < -0.39 is 17.1 Å². The van der Waals surface area contributed by atoms with Crippen molar-refractivity contribution in [3.63, 3.8) is 0 Å². The van der Waals surface area contributed by atoms with Crippen LogP contribution in [-0.2, 0) is 13.0 Å². The van der Waals surface area contributed by atoms with Crippen molar-refractivity contribution in [2.75, 3.05) is 19.7 Å². The molecule has 0 aliphatic heterocycles. The van der Waals surface area contributed by atoms with Crippen molar-refractivity contribution in [3.05, 3.63) is 55.7 Å². The molecule has 25 heavy (non-hydrogen) atoms. The third-order valence-electron chi connectivity index (χ3n) is 4.11. The maximum atomic E-state index is 11.9. The Labute approximate surface area is 146 Å². The standard InChI is InChI=1S/C18H25N3O4/c1-4-21(5-2)11-13-9-12(7-8-15(13)25-6-3)10-14-16(22)19-18(24)20-17(14)23/h7-9H,4-6,10-11H2,1-3H3,(H3,19,20,22,23,24). The second kappa shape index (κ2) is 8.53. The van der Waals surface area contributed by atoms with Gasteiger partial charge in [-0.25, -0.2) is 4.79 Å². The lowest BCUT2D eigenvalue weighted by atomic mass is 10.0. The third-order valence-corrected chi connectivity index (χ3v) is 4.11.